The molecule has 1 aliphatic carbocycles. The molecule has 1 saturated carbocycles. The van der Waals surface area contributed by atoms with Crippen molar-refractivity contribution in [1.82, 2.24) is 19.5 Å². The molecular formula is C20H20N4O3. The van der Waals surface area contributed by atoms with Crippen LogP contribution < -0.4 is 5.56 Å². The van der Waals surface area contributed by atoms with Gasteiger partial charge in [-0.15, -0.1) is 0 Å². The van der Waals surface area contributed by atoms with Gasteiger partial charge in [-0.25, -0.2) is 4.79 Å². The van der Waals surface area contributed by atoms with Crippen molar-refractivity contribution < 1.29 is 9.90 Å². The van der Waals surface area contributed by atoms with Gasteiger partial charge in [0.25, 0.3) is 5.56 Å². The highest BCUT2D eigenvalue weighted by Gasteiger charge is 2.32. The van der Waals surface area contributed by atoms with Crippen molar-refractivity contribution in [3.8, 4) is 0 Å². The third-order valence-corrected chi connectivity index (χ3v) is 5.59. The fourth-order valence-electron chi connectivity index (χ4n) is 4.07. The lowest BCUT2D eigenvalue weighted by Crippen LogP contribution is -2.31. The van der Waals surface area contributed by atoms with Crippen LogP contribution >= 0.6 is 0 Å². The molecule has 2 N–H and O–H groups in total. The molecule has 0 aromatic carbocycles. The van der Waals surface area contributed by atoms with Crippen molar-refractivity contribution >= 4 is 11.5 Å². The minimum atomic E-state index is -1.19. The van der Waals surface area contributed by atoms with Crippen LogP contribution in [0.3, 0.4) is 0 Å². The summed E-state index contributed by atoms with van der Waals surface area (Å²) in [6.45, 7) is 2.24. The minimum absolute atomic E-state index is 0.191. The molecule has 27 heavy (non-hydrogen) atoms. The number of H-pyrrole nitrogens is 1. The van der Waals surface area contributed by atoms with E-state index in [0.29, 0.717) is 12.5 Å². The van der Waals surface area contributed by atoms with Gasteiger partial charge in [-0.2, -0.15) is 5.10 Å². The van der Waals surface area contributed by atoms with Crippen LogP contribution in [0.2, 0.25) is 0 Å². The Labute approximate surface area is 155 Å². The number of aromatic amines is 1. The summed E-state index contributed by atoms with van der Waals surface area (Å²) in [5.41, 5.74) is 4.69. The van der Waals surface area contributed by atoms with Gasteiger partial charge < -0.3 is 5.11 Å². The second-order valence-electron chi connectivity index (χ2n) is 7.45. The average molecular weight is 364 g/mol. The predicted octanol–water partition coefficient (Wildman–Crippen LogP) is 2.16. The Kier molecular flexibility index (Phi) is 3.65. The maximum Gasteiger partial charge on any atom is 0.341 e. The molecule has 1 aliphatic heterocycles. The van der Waals surface area contributed by atoms with Crippen LogP contribution in [0.1, 0.15) is 51.6 Å². The summed E-state index contributed by atoms with van der Waals surface area (Å²) in [7, 11) is 0. The fourth-order valence-corrected chi connectivity index (χ4v) is 4.07. The molecule has 0 bridgehead atoms. The lowest BCUT2D eigenvalue weighted by atomic mass is 10.0. The van der Waals surface area contributed by atoms with E-state index in [-0.39, 0.29) is 5.56 Å². The highest BCUT2D eigenvalue weighted by Crippen LogP contribution is 2.42. The summed E-state index contributed by atoms with van der Waals surface area (Å²) in [5.74, 6) is -0.553. The number of hydrogen-bond donors (Lipinski definition) is 2. The smallest absolute Gasteiger partial charge is 0.341 e. The first-order valence-electron chi connectivity index (χ1n) is 9.27. The first-order chi connectivity index (χ1) is 13.1. The molecule has 138 valence electrons. The summed E-state index contributed by atoms with van der Waals surface area (Å²) >= 11 is 0. The van der Waals surface area contributed by atoms with Crippen LogP contribution in [0.4, 0.5) is 0 Å². The number of aromatic carboxylic acids is 1. The van der Waals surface area contributed by atoms with E-state index in [2.05, 4.69) is 15.1 Å². The Morgan fingerprint density at radius 1 is 1.33 bits per heavy atom. The number of aromatic nitrogens is 3. The Morgan fingerprint density at radius 3 is 2.96 bits per heavy atom. The van der Waals surface area contributed by atoms with Crippen LogP contribution in [-0.4, -0.2) is 37.1 Å². The molecule has 3 aromatic rings. The highest BCUT2D eigenvalue weighted by molar-refractivity contribution is 5.88. The Bertz CT molecular complexity index is 1110. The molecule has 2 aliphatic rings. The van der Waals surface area contributed by atoms with Crippen LogP contribution in [0, 0.1) is 0 Å². The van der Waals surface area contributed by atoms with E-state index in [0.717, 1.165) is 30.6 Å². The monoisotopic (exact) mass is 364 g/mol. The molecule has 0 atom stereocenters. The van der Waals surface area contributed by atoms with Crippen molar-refractivity contribution in [1.29, 1.82) is 0 Å². The fraction of sp³-hybridized carbons (Fsp3) is 0.350. The van der Waals surface area contributed by atoms with Crippen LogP contribution in [0.15, 0.2) is 35.3 Å². The maximum absolute atomic E-state index is 12.4. The Hall–Kier alpha value is -2.93. The molecule has 0 unspecified atom stereocenters. The summed E-state index contributed by atoms with van der Waals surface area (Å²) in [4.78, 5) is 26.2. The number of carboxylic acid groups (broad SMARTS) is 1. The second-order valence-corrected chi connectivity index (χ2v) is 7.45. The Morgan fingerprint density at radius 2 is 2.19 bits per heavy atom. The number of carboxylic acids is 1. The standard InChI is InChI=1S/C20H20N4O3/c25-19-15(20(26)27)9-13(17-3-1-2-7-24(17)19)10-23-8-6-14-16(11-23)21-22-18(14)12-4-5-12/h1-3,7,9,12H,4-6,8,10-11H2,(H,21,22)(H,26,27). The molecule has 1 fully saturated rings. The summed E-state index contributed by atoms with van der Waals surface area (Å²) in [6, 6.07) is 6.99. The van der Waals surface area contributed by atoms with Gasteiger partial charge in [0.1, 0.15) is 5.56 Å². The third kappa shape index (κ3) is 2.75. The Balaban J connectivity index is 1.48. The molecule has 0 saturated heterocycles. The molecule has 0 spiro atoms. The number of carbonyl (C=O) groups is 1. The third-order valence-electron chi connectivity index (χ3n) is 5.59. The predicted molar refractivity (Wildman–Crippen MR) is 99.0 cm³/mol. The van der Waals surface area contributed by atoms with E-state index >= 15 is 0 Å². The molecule has 3 aromatic heterocycles. The van der Waals surface area contributed by atoms with E-state index in [1.165, 1.54) is 40.3 Å². The number of hydrogen-bond acceptors (Lipinski definition) is 4. The van der Waals surface area contributed by atoms with E-state index in [4.69, 9.17) is 0 Å². The van der Waals surface area contributed by atoms with Crippen LogP contribution in [0.5, 0.6) is 0 Å². The number of nitrogens with zero attached hydrogens (tertiary/aromatic N) is 3. The minimum Gasteiger partial charge on any atom is -0.477 e. The maximum atomic E-state index is 12.4. The van der Waals surface area contributed by atoms with Crippen molar-refractivity contribution in [2.75, 3.05) is 6.54 Å². The molecule has 0 radical (unpaired) electrons. The first kappa shape index (κ1) is 16.3. The normalized spacial score (nSPS) is 17.2. The molecule has 7 heteroatoms. The molecule has 5 rings (SSSR count). The summed E-state index contributed by atoms with van der Waals surface area (Å²) in [5, 5.41) is 17.1. The molecular weight excluding hydrogens is 344 g/mol. The van der Waals surface area contributed by atoms with Crippen molar-refractivity contribution in [2.24, 2.45) is 0 Å². The molecule has 7 nitrogen and oxygen atoms in total. The number of pyridine rings is 2. The van der Waals surface area contributed by atoms with Gasteiger partial charge >= 0.3 is 5.97 Å². The van der Waals surface area contributed by atoms with E-state index in [9.17, 15) is 14.7 Å². The average Bonchev–Trinajstić information content (AvgIpc) is 3.43. The van der Waals surface area contributed by atoms with Gasteiger partial charge in [0.15, 0.2) is 0 Å². The zero-order valence-corrected chi connectivity index (χ0v) is 14.8. The van der Waals surface area contributed by atoms with Crippen molar-refractivity contribution in [3.05, 3.63) is 68.9 Å². The topological polar surface area (TPSA) is 90.7 Å². The van der Waals surface area contributed by atoms with E-state index < -0.39 is 11.5 Å². The van der Waals surface area contributed by atoms with Crippen LogP contribution in [0.25, 0.3) is 5.52 Å². The van der Waals surface area contributed by atoms with Crippen molar-refractivity contribution in [3.63, 3.8) is 0 Å². The zero-order chi connectivity index (χ0) is 18.5. The SMILES string of the molecule is O=C(O)c1cc(CN2CCc3c(C4CC4)n[nH]c3C2)c2ccccn2c1=O. The van der Waals surface area contributed by atoms with Crippen LogP contribution in [-0.2, 0) is 19.5 Å². The number of rotatable bonds is 4. The van der Waals surface area contributed by atoms with Crippen molar-refractivity contribution in [2.45, 2.75) is 38.3 Å². The lowest BCUT2D eigenvalue weighted by Gasteiger charge is -2.27. The summed E-state index contributed by atoms with van der Waals surface area (Å²) < 4.78 is 1.43. The zero-order valence-electron chi connectivity index (χ0n) is 14.8. The highest BCUT2D eigenvalue weighted by atomic mass is 16.4. The van der Waals surface area contributed by atoms with Gasteiger partial charge in [-0.3, -0.25) is 19.2 Å². The lowest BCUT2D eigenvalue weighted by molar-refractivity contribution is 0.0694. The van der Waals surface area contributed by atoms with Gasteiger partial charge in [-0.1, -0.05) is 6.07 Å². The second kappa shape index (κ2) is 6.06. The van der Waals surface area contributed by atoms with E-state index in [1.807, 2.05) is 12.1 Å². The summed E-state index contributed by atoms with van der Waals surface area (Å²) in [6.07, 6.45) is 5.06. The molecule has 4 heterocycles. The number of fused-ring (bicyclic) bond motifs is 2. The quantitative estimate of drug-likeness (QED) is 0.740. The van der Waals surface area contributed by atoms with Gasteiger partial charge in [0.05, 0.1) is 16.9 Å². The van der Waals surface area contributed by atoms with Gasteiger partial charge in [0, 0.05) is 31.7 Å². The first-order valence-corrected chi connectivity index (χ1v) is 9.27. The van der Waals surface area contributed by atoms with Gasteiger partial charge in [-0.05, 0) is 48.6 Å². The molecule has 0 amide bonds. The van der Waals surface area contributed by atoms with E-state index in [1.54, 1.807) is 12.3 Å². The van der Waals surface area contributed by atoms with Gasteiger partial charge in [0.2, 0.25) is 0 Å². The largest absolute Gasteiger partial charge is 0.477 e. The number of nitrogens with one attached hydrogen (secondary N) is 1.